The van der Waals surface area contributed by atoms with Gasteiger partial charge in [-0.15, -0.1) is 0 Å². The van der Waals surface area contributed by atoms with Gasteiger partial charge < -0.3 is 5.21 Å². The smallest absolute Gasteiger partial charge is 0.151 e. The van der Waals surface area contributed by atoms with E-state index in [0.717, 1.165) is 0 Å². The van der Waals surface area contributed by atoms with Gasteiger partial charge in [-0.3, -0.25) is 0 Å². The van der Waals surface area contributed by atoms with Crippen LogP contribution in [0.1, 0.15) is 90.9 Å². The standard InChI is InChI=1S/C16H33NO/c1-3-5-7-9-10-12-14-16(15-17-18)13-11-8-6-4-2/h15-17H,3-14H2,1-2H3. The van der Waals surface area contributed by atoms with Crippen molar-refractivity contribution in [1.82, 2.24) is 0 Å². The van der Waals surface area contributed by atoms with Crippen molar-refractivity contribution in [3.05, 3.63) is 5.21 Å². The molecule has 0 amide bonds. The Labute approximate surface area is 114 Å². The molecule has 0 aliphatic carbocycles. The molecule has 0 radical (unpaired) electrons. The molecule has 0 aliphatic rings. The highest BCUT2D eigenvalue weighted by Crippen LogP contribution is 2.16. The summed E-state index contributed by atoms with van der Waals surface area (Å²) in [5, 5.41) is 12.5. The minimum atomic E-state index is 0.491. The molecule has 18 heavy (non-hydrogen) atoms. The monoisotopic (exact) mass is 255 g/mol. The molecule has 0 bridgehead atoms. The Kier molecular flexibility index (Phi) is 14.1. The van der Waals surface area contributed by atoms with Crippen molar-refractivity contribution in [2.75, 3.05) is 0 Å². The highest BCUT2D eigenvalue weighted by atomic mass is 16.4. The van der Waals surface area contributed by atoms with Gasteiger partial charge in [0.05, 0.1) is 0 Å². The molecule has 0 aliphatic heterocycles. The van der Waals surface area contributed by atoms with Gasteiger partial charge >= 0.3 is 0 Å². The van der Waals surface area contributed by atoms with Gasteiger partial charge in [-0.1, -0.05) is 78.1 Å². The average Bonchev–Trinajstić information content (AvgIpc) is 2.38. The zero-order valence-corrected chi connectivity index (χ0v) is 12.5. The predicted octanol–water partition coefficient (Wildman–Crippen LogP) is 3.97. The zero-order chi connectivity index (χ0) is 13.5. The molecule has 0 saturated carbocycles. The molecule has 1 N–H and O–H groups in total. The molecule has 2 heteroatoms. The third kappa shape index (κ3) is 11.9. The second kappa shape index (κ2) is 14.5. The fourth-order valence-electron chi connectivity index (χ4n) is 2.43. The van der Waals surface area contributed by atoms with E-state index in [-0.39, 0.29) is 0 Å². The molecule has 0 heterocycles. The topological polar surface area (TPSA) is 37.0 Å². The van der Waals surface area contributed by atoms with Crippen molar-refractivity contribution >= 4 is 6.21 Å². The van der Waals surface area contributed by atoms with Crippen LogP contribution in [-0.4, -0.2) is 6.21 Å². The van der Waals surface area contributed by atoms with Crippen LogP contribution in [0.3, 0.4) is 0 Å². The molecule has 0 fully saturated rings. The molecule has 108 valence electrons. The third-order valence-corrected chi connectivity index (χ3v) is 3.66. The summed E-state index contributed by atoms with van der Waals surface area (Å²) in [4.78, 5) is 0. The van der Waals surface area contributed by atoms with E-state index in [0.29, 0.717) is 5.92 Å². The lowest BCUT2D eigenvalue weighted by atomic mass is 9.95. The number of hydrogen-bond donors (Lipinski definition) is 1. The first-order chi connectivity index (χ1) is 8.85. The van der Waals surface area contributed by atoms with Gasteiger partial charge in [0, 0.05) is 5.92 Å². The lowest BCUT2D eigenvalue weighted by Gasteiger charge is -2.09. The van der Waals surface area contributed by atoms with Crippen LogP contribution in [0.2, 0.25) is 0 Å². The Morgan fingerprint density at radius 1 is 0.778 bits per heavy atom. The Bertz CT molecular complexity index is 180. The number of unbranched alkanes of at least 4 members (excludes halogenated alkanes) is 8. The van der Waals surface area contributed by atoms with Crippen molar-refractivity contribution in [2.45, 2.75) is 90.9 Å². The van der Waals surface area contributed by atoms with E-state index < -0.39 is 0 Å². The molecular formula is C16H33NO. The molecule has 1 unspecified atom stereocenters. The van der Waals surface area contributed by atoms with E-state index in [1.54, 1.807) is 6.21 Å². The van der Waals surface area contributed by atoms with Gasteiger partial charge in [0.1, 0.15) is 0 Å². The first kappa shape index (κ1) is 17.5. The van der Waals surface area contributed by atoms with Crippen molar-refractivity contribution in [3.63, 3.8) is 0 Å². The molecule has 0 rings (SSSR count). The molecule has 1 atom stereocenters. The summed E-state index contributed by atoms with van der Waals surface area (Å²) in [7, 11) is 0. The lowest BCUT2D eigenvalue weighted by molar-refractivity contribution is -0.370. The lowest BCUT2D eigenvalue weighted by Crippen LogP contribution is -2.61. The van der Waals surface area contributed by atoms with Gasteiger partial charge in [-0.05, 0) is 12.8 Å². The fraction of sp³-hybridized carbons (Fsp3) is 0.938. The Hall–Kier alpha value is -0.530. The van der Waals surface area contributed by atoms with Crippen molar-refractivity contribution in [3.8, 4) is 0 Å². The molecule has 0 spiro atoms. The molecule has 0 aromatic heterocycles. The summed E-state index contributed by atoms with van der Waals surface area (Å²) in [6.45, 7) is 4.49. The molecule has 0 aromatic rings. The maximum atomic E-state index is 10.5. The summed E-state index contributed by atoms with van der Waals surface area (Å²) in [6, 6.07) is 0. The van der Waals surface area contributed by atoms with Gasteiger partial charge in [-0.2, -0.15) is 0 Å². The minimum absolute atomic E-state index is 0.491. The van der Waals surface area contributed by atoms with E-state index in [1.807, 2.05) is 5.16 Å². The maximum Gasteiger partial charge on any atom is 0.151 e. The van der Waals surface area contributed by atoms with E-state index in [2.05, 4.69) is 13.8 Å². The molecule has 2 nitrogen and oxygen atoms in total. The second-order valence-corrected chi connectivity index (χ2v) is 5.45. The van der Waals surface area contributed by atoms with E-state index >= 15 is 0 Å². The van der Waals surface area contributed by atoms with Crippen LogP contribution in [-0.2, 0) is 0 Å². The predicted molar refractivity (Wildman–Crippen MR) is 80.6 cm³/mol. The van der Waals surface area contributed by atoms with Crippen molar-refractivity contribution in [1.29, 1.82) is 0 Å². The van der Waals surface area contributed by atoms with Crippen molar-refractivity contribution in [2.24, 2.45) is 5.92 Å². The number of rotatable bonds is 13. The van der Waals surface area contributed by atoms with Crippen LogP contribution < -0.4 is 5.16 Å². The quantitative estimate of drug-likeness (QED) is 0.230. The van der Waals surface area contributed by atoms with Gasteiger partial charge in [0.2, 0.25) is 0 Å². The summed E-state index contributed by atoms with van der Waals surface area (Å²) in [6.07, 6.45) is 17.4. The summed E-state index contributed by atoms with van der Waals surface area (Å²) in [5.41, 5.74) is 0. The Morgan fingerprint density at radius 3 is 1.72 bits per heavy atom. The van der Waals surface area contributed by atoms with E-state index in [4.69, 9.17) is 0 Å². The average molecular weight is 255 g/mol. The molecule has 0 aromatic carbocycles. The van der Waals surface area contributed by atoms with Crippen LogP contribution >= 0.6 is 0 Å². The number of nitrogens with one attached hydrogen (secondary N) is 1. The fourth-order valence-corrected chi connectivity index (χ4v) is 2.43. The van der Waals surface area contributed by atoms with Gasteiger partial charge in [0.25, 0.3) is 0 Å². The molecular weight excluding hydrogens is 222 g/mol. The van der Waals surface area contributed by atoms with Crippen LogP contribution in [0.25, 0.3) is 0 Å². The maximum absolute atomic E-state index is 10.5. The zero-order valence-electron chi connectivity index (χ0n) is 12.5. The van der Waals surface area contributed by atoms with Gasteiger partial charge in [-0.25, -0.2) is 5.16 Å². The van der Waals surface area contributed by atoms with Crippen molar-refractivity contribution < 1.29 is 5.16 Å². The summed E-state index contributed by atoms with van der Waals surface area (Å²) >= 11 is 0. The summed E-state index contributed by atoms with van der Waals surface area (Å²) in [5.74, 6) is 0.491. The first-order valence-electron chi connectivity index (χ1n) is 8.06. The first-order valence-corrected chi connectivity index (χ1v) is 8.06. The molecule has 0 saturated heterocycles. The van der Waals surface area contributed by atoms with Gasteiger partial charge in [0.15, 0.2) is 6.21 Å². The summed E-state index contributed by atoms with van der Waals surface area (Å²) < 4.78 is 0. The number of hydrogen-bond acceptors (Lipinski definition) is 1. The van der Waals surface area contributed by atoms with Crippen LogP contribution in [0.5, 0.6) is 0 Å². The van der Waals surface area contributed by atoms with E-state index in [9.17, 15) is 5.21 Å². The van der Waals surface area contributed by atoms with E-state index in [1.165, 1.54) is 77.0 Å². The van der Waals surface area contributed by atoms with Crippen LogP contribution in [0.4, 0.5) is 0 Å². The Morgan fingerprint density at radius 2 is 1.22 bits per heavy atom. The largest absolute Gasteiger partial charge is 0.626 e. The minimum Gasteiger partial charge on any atom is -0.626 e. The third-order valence-electron chi connectivity index (χ3n) is 3.66. The highest BCUT2D eigenvalue weighted by Gasteiger charge is 2.07. The second-order valence-electron chi connectivity index (χ2n) is 5.45. The SMILES string of the molecule is CCCCCCCCC(C=[NH+][O-])CCCCCC. The highest BCUT2D eigenvalue weighted by molar-refractivity contribution is 5.53. The normalized spacial score (nSPS) is 13.2. The Balaban J connectivity index is 3.50. The van der Waals surface area contributed by atoms with Crippen LogP contribution in [0.15, 0.2) is 0 Å². The van der Waals surface area contributed by atoms with Crippen LogP contribution in [0, 0.1) is 11.1 Å².